The molecule has 0 aliphatic heterocycles. The zero-order valence-corrected chi connectivity index (χ0v) is 15.7. The first-order chi connectivity index (χ1) is 12.7. The first-order valence-electron chi connectivity index (χ1n) is 7.60. The fourth-order valence-corrected chi connectivity index (χ4v) is 3.26. The number of non-ortho nitro benzene ring substituents is 1. The van der Waals surface area contributed by atoms with Gasteiger partial charge in [-0.3, -0.25) is 14.9 Å². The molecule has 0 bridgehead atoms. The molecule has 144 valence electrons. The Balaban J connectivity index is 1.95. The van der Waals surface area contributed by atoms with Crippen molar-refractivity contribution in [2.75, 3.05) is 19.0 Å². The molecular formula is C16H16ClN3O6S. The van der Waals surface area contributed by atoms with Crippen molar-refractivity contribution in [1.82, 2.24) is 4.72 Å². The van der Waals surface area contributed by atoms with E-state index in [4.69, 9.17) is 16.3 Å². The zero-order chi connectivity index (χ0) is 20.0. The molecule has 2 aromatic rings. The van der Waals surface area contributed by atoms with E-state index in [9.17, 15) is 23.3 Å². The number of sulfonamides is 1. The number of halogens is 1. The average Bonchev–Trinajstić information content (AvgIpc) is 2.62. The van der Waals surface area contributed by atoms with Crippen molar-refractivity contribution < 1.29 is 22.9 Å². The molecule has 0 aliphatic rings. The Bertz CT molecular complexity index is 947. The van der Waals surface area contributed by atoms with Crippen molar-refractivity contribution in [1.29, 1.82) is 0 Å². The standard InChI is InChI=1S/C16H16ClN3O6S/c1-26-15-10-12(20(22)23)4-7-14(15)19-16(21)8-9-18-27(24,25)13-5-2-11(17)3-6-13/h2-7,10,18H,8-9H2,1H3,(H,19,21). The number of methoxy groups -OCH3 is 1. The lowest BCUT2D eigenvalue weighted by atomic mass is 10.2. The molecule has 9 nitrogen and oxygen atoms in total. The number of nitro benzene ring substituents is 1. The van der Waals surface area contributed by atoms with Gasteiger partial charge in [0.25, 0.3) is 5.69 Å². The largest absolute Gasteiger partial charge is 0.494 e. The van der Waals surface area contributed by atoms with Gasteiger partial charge >= 0.3 is 0 Å². The number of nitrogens with one attached hydrogen (secondary N) is 2. The monoisotopic (exact) mass is 413 g/mol. The van der Waals surface area contributed by atoms with Crippen LogP contribution in [0.2, 0.25) is 5.02 Å². The van der Waals surface area contributed by atoms with Crippen LogP contribution in [0, 0.1) is 10.1 Å². The number of hydrogen-bond donors (Lipinski definition) is 2. The summed E-state index contributed by atoms with van der Waals surface area (Å²) in [5.74, 6) is -0.361. The maximum atomic E-state index is 12.1. The highest BCUT2D eigenvalue weighted by Crippen LogP contribution is 2.29. The van der Waals surface area contributed by atoms with Crippen molar-refractivity contribution in [3.8, 4) is 5.75 Å². The Labute approximate surface area is 160 Å². The predicted molar refractivity (Wildman–Crippen MR) is 99.5 cm³/mol. The molecule has 0 unspecified atom stereocenters. The van der Waals surface area contributed by atoms with Gasteiger partial charge in [-0.15, -0.1) is 0 Å². The molecule has 0 atom stereocenters. The molecule has 0 saturated heterocycles. The molecule has 0 heterocycles. The summed E-state index contributed by atoms with van der Waals surface area (Å²) < 4.78 is 31.6. The minimum absolute atomic E-state index is 0.0318. The van der Waals surface area contributed by atoms with Gasteiger partial charge in [0.15, 0.2) is 0 Å². The van der Waals surface area contributed by atoms with E-state index in [0.29, 0.717) is 5.02 Å². The second-order valence-electron chi connectivity index (χ2n) is 5.29. The number of anilines is 1. The third-order valence-electron chi connectivity index (χ3n) is 3.44. The SMILES string of the molecule is COc1cc([N+](=O)[O-])ccc1NC(=O)CCNS(=O)(=O)c1ccc(Cl)cc1. The Morgan fingerprint density at radius 1 is 1.22 bits per heavy atom. The topological polar surface area (TPSA) is 128 Å². The van der Waals surface area contributed by atoms with Crippen molar-refractivity contribution in [3.63, 3.8) is 0 Å². The summed E-state index contributed by atoms with van der Waals surface area (Å²) in [6.07, 6.45) is -0.146. The lowest BCUT2D eigenvalue weighted by Gasteiger charge is -2.10. The van der Waals surface area contributed by atoms with Crippen molar-refractivity contribution >= 4 is 38.9 Å². The fraction of sp³-hybridized carbons (Fsp3) is 0.188. The van der Waals surface area contributed by atoms with Crippen LogP contribution in [0.25, 0.3) is 0 Å². The first kappa shape index (κ1) is 20.6. The zero-order valence-electron chi connectivity index (χ0n) is 14.1. The smallest absolute Gasteiger partial charge is 0.273 e. The highest BCUT2D eigenvalue weighted by Gasteiger charge is 2.16. The van der Waals surface area contributed by atoms with Gasteiger partial charge in [-0.2, -0.15) is 0 Å². The highest BCUT2D eigenvalue weighted by atomic mass is 35.5. The number of carbonyl (C=O) groups is 1. The van der Waals surface area contributed by atoms with E-state index in [1.165, 1.54) is 49.6 Å². The van der Waals surface area contributed by atoms with Crippen molar-refractivity contribution in [3.05, 3.63) is 57.6 Å². The van der Waals surface area contributed by atoms with Crippen LogP contribution in [0.3, 0.4) is 0 Å². The number of benzene rings is 2. The van der Waals surface area contributed by atoms with E-state index in [1.807, 2.05) is 0 Å². The number of nitrogens with zero attached hydrogens (tertiary/aromatic N) is 1. The number of rotatable bonds is 8. The van der Waals surface area contributed by atoms with Gasteiger partial charge in [0.2, 0.25) is 15.9 Å². The third-order valence-corrected chi connectivity index (χ3v) is 5.17. The van der Waals surface area contributed by atoms with E-state index in [0.717, 1.165) is 0 Å². The fourth-order valence-electron chi connectivity index (χ4n) is 2.11. The summed E-state index contributed by atoms with van der Waals surface area (Å²) in [7, 11) is -2.45. The molecule has 0 saturated carbocycles. The van der Waals surface area contributed by atoms with Crippen LogP contribution in [-0.4, -0.2) is 32.9 Å². The normalized spacial score (nSPS) is 11.0. The molecule has 0 aromatic heterocycles. The van der Waals surface area contributed by atoms with Crippen LogP contribution in [-0.2, 0) is 14.8 Å². The predicted octanol–water partition coefficient (Wildman–Crippen LogP) is 2.56. The number of hydrogen-bond acceptors (Lipinski definition) is 6. The van der Waals surface area contributed by atoms with E-state index in [2.05, 4.69) is 10.0 Å². The molecule has 1 amide bonds. The Hall–Kier alpha value is -2.69. The quantitative estimate of drug-likeness (QED) is 0.505. The Morgan fingerprint density at radius 2 is 1.89 bits per heavy atom. The lowest BCUT2D eigenvalue weighted by Crippen LogP contribution is -2.27. The van der Waals surface area contributed by atoms with Crippen molar-refractivity contribution in [2.24, 2.45) is 0 Å². The van der Waals surface area contributed by atoms with Crippen LogP contribution in [0.1, 0.15) is 6.42 Å². The molecule has 27 heavy (non-hydrogen) atoms. The maximum absolute atomic E-state index is 12.1. The minimum atomic E-state index is -3.76. The molecular weight excluding hydrogens is 398 g/mol. The summed E-state index contributed by atoms with van der Waals surface area (Å²) in [5, 5.41) is 13.7. The van der Waals surface area contributed by atoms with E-state index in [-0.39, 0.29) is 35.0 Å². The first-order valence-corrected chi connectivity index (χ1v) is 9.46. The summed E-state index contributed by atoms with van der Waals surface area (Å²) in [5.41, 5.74) is 0.0641. The van der Waals surface area contributed by atoms with Crippen LogP contribution < -0.4 is 14.8 Å². The molecule has 2 aromatic carbocycles. The second kappa shape index (κ2) is 8.80. The molecule has 0 aliphatic carbocycles. The van der Waals surface area contributed by atoms with Gasteiger partial charge in [0, 0.05) is 24.1 Å². The third kappa shape index (κ3) is 5.64. The van der Waals surface area contributed by atoms with Gasteiger partial charge in [-0.05, 0) is 30.3 Å². The highest BCUT2D eigenvalue weighted by molar-refractivity contribution is 7.89. The number of nitro groups is 1. The Morgan fingerprint density at radius 3 is 2.48 bits per heavy atom. The van der Waals surface area contributed by atoms with Crippen molar-refractivity contribution in [2.45, 2.75) is 11.3 Å². The summed E-state index contributed by atoms with van der Waals surface area (Å²) in [6.45, 7) is -0.133. The molecule has 2 N–H and O–H groups in total. The van der Waals surface area contributed by atoms with Crippen LogP contribution in [0.4, 0.5) is 11.4 Å². The van der Waals surface area contributed by atoms with Gasteiger partial charge in [0.05, 0.1) is 28.7 Å². The van der Waals surface area contributed by atoms with Gasteiger partial charge in [-0.1, -0.05) is 11.6 Å². The average molecular weight is 414 g/mol. The van der Waals surface area contributed by atoms with Gasteiger partial charge < -0.3 is 10.1 Å². The number of carbonyl (C=O) groups excluding carboxylic acids is 1. The van der Waals surface area contributed by atoms with E-state index in [1.54, 1.807) is 0 Å². The number of amides is 1. The molecule has 0 fully saturated rings. The molecule has 0 radical (unpaired) electrons. The molecule has 11 heteroatoms. The summed E-state index contributed by atoms with van der Waals surface area (Å²) in [4.78, 5) is 22.2. The van der Waals surface area contributed by atoms with Crippen LogP contribution in [0.5, 0.6) is 5.75 Å². The summed E-state index contributed by atoms with van der Waals surface area (Å²) >= 11 is 5.72. The van der Waals surface area contributed by atoms with Crippen LogP contribution in [0.15, 0.2) is 47.4 Å². The minimum Gasteiger partial charge on any atom is -0.494 e. The second-order valence-corrected chi connectivity index (χ2v) is 7.49. The van der Waals surface area contributed by atoms with Crippen LogP contribution >= 0.6 is 11.6 Å². The lowest BCUT2D eigenvalue weighted by molar-refractivity contribution is -0.384. The Kier molecular flexibility index (Phi) is 6.72. The summed E-state index contributed by atoms with van der Waals surface area (Å²) in [6, 6.07) is 9.35. The number of ether oxygens (including phenoxy) is 1. The maximum Gasteiger partial charge on any atom is 0.273 e. The molecule has 2 rings (SSSR count). The van der Waals surface area contributed by atoms with Gasteiger partial charge in [0.1, 0.15) is 5.75 Å². The van der Waals surface area contributed by atoms with Gasteiger partial charge in [-0.25, -0.2) is 13.1 Å². The molecule has 0 spiro atoms. The van der Waals surface area contributed by atoms with E-state index >= 15 is 0 Å². The van der Waals surface area contributed by atoms with E-state index < -0.39 is 20.9 Å².